The first kappa shape index (κ1) is 55.6. The van der Waals surface area contributed by atoms with E-state index in [1.54, 1.807) is 6.26 Å². The van der Waals surface area contributed by atoms with Crippen molar-refractivity contribution in [2.75, 3.05) is 47.5 Å². The predicted molar refractivity (Wildman–Crippen MR) is 242 cm³/mol. The van der Waals surface area contributed by atoms with Gasteiger partial charge in [-0.15, -0.1) is 0 Å². The molecule has 0 aromatic rings. The summed E-state index contributed by atoms with van der Waals surface area (Å²) in [6, 6.07) is 0. The number of quaternary nitrogens is 1. The van der Waals surface area contributed by atoms with Gasteiger partial charge in [-0.05, 0) is 57.4 Å². The molecule has 0 aliphatic heterocycles. The number of hydrogen-bond donors (Lipinski definition) is 1. The van der Waals surface area contributed by atoms with Gasteiger partial charge in [-0.25, -0.2) is 4.57 Å². The number of hydrogen-bond acceptors (Lipinski definition) is 6. The Labute approximate surface area is 353 Å². The smallest absolute Gasteiger partial charge is 0.472 e. The Morgan fingerprint density at radius 3 is 1.47 bits per heavy atom. The number of carbonyl (C=O) groups is 1. The molecule has 0 saturated heterocycles. The second-order valence-electron chi connectivity index (χ2n) is 17.2. The van der Waals surface area contributed by atoms with Gasteiger partial charge < -0.3 is 18.9 Å². The molecule has 1 N–H and O–H groups in total. The summed E-state index contributed by atoms with van der Waals surface area (Å²) in [5, 5.41) is 0. The number of carbonyl (C=O) groups excluding carboxylic acids is 1. The van der Waals surface area contributed by atoms with E-state index < -0.39 is 13.9 Å². The van der Waals surface area contributed by atoms with Gasteiger partial charge in [0.15, 0.2) is 6.10 Å². The molecular formula is C48H93NO7P+. The lowest BCUT2D eigenvalue weighted by atomic mass is 10.0. The van der Waals surface area contributed by atoms with E-state index in [9.17, 15) is 14.3 Å². The molecule has 336 valence electrons. The van der Waals surface area contributed by atoms with Crippen LogP contribution in [0.2, 0.25) is 0 Å². The Hall–Kier alpha value is -1.44. The zero-order valence-electron chi connectivity index (χ0n) is 38.1. The molecule has 57 heavy (non-hydrogen) atoms. The highest BCUT2D eigenvalue weighted by Crippen LogP contribution is 2.43. The van der Waals surface area contributed by atoms with Gasteiger partial charge >= 0.3 is 13.8 Å². The van der Waals surface area contributed by atoms with Gasteiger partial charge in [0.05, 0.1) is 34.0 Å². The van der Waals surface area contributed by atoms with Crippen LogP contribution in [0.3, 0.4) is 0 Å². The number of likely N-dealkylation sites (N-methyl/N-ethyl adjacent to an activating group) is 1. The fourth-order valence-corrected chi connectivity index (χ4v) is 7.29. The van der Waals surface area contributed by atoms with E-state index >= 15 is 0 Å². The lowest BCUT2D eigenvalue weighted by Crippen LogP contribution is -2.37. The highest BCUT2D eigenvalue weighted by Gasteiger charge is 2.26. The summed E-state index contributed by atoms with van der Waals surface area (Å²) in [5.41, 5.74) is 0. The number of allylic oxidation sites excluding steroid dienone is 5. The van der Waals surface area contributed by atoms with Crippen LogP contribution in [0.15, 0.2) is 36.6 Å². The van der Waals surface area contributed by atoms with Crippen LogP contribution in [-0.4, -0.2) is 69.0 Å². The SMILES string of the molecule is CCCCC/C=C/C/C=C/CCCCCCCCCC(=O)O[C@H](CO/C=C/CCCCCCCCCCCCCCCCCC)COP(=O)(O)OCC[N+](C)(C)C. The molecule has 1 unspecified atom stereocenters. The van der Waals surface area contributed by atoms with E-state index in [0.717, 1.165) is 44.9 Å². The minimum absolute atomic E-state index is 0.0466. The number of unbranched alkanes of at least 4 members (excludes halogenated alkanes) is 26. The largest absolute Gasteiger partial charge is 0.498 e. The first-order chi connectivity index (χ1) is 27.6. The van der Waals surface area contributed by atoms with Crippen molar-refractivity contribution in [1.82, 2.24) is 0 Å². The third kappa shape index (κ3) is 45.5. The number of ether oxygens (including phenoxy) is 2. The van der Waals surface area contributed by atoms with Crippen molar-refractivity contribution >= 4 is 13.8 Å². The van der Waals surface area contributed by atoms with Crippen molar-refractivity contribution in [2.45, 2.75) is 219 Å². The van der Waals surface area contributed by atoms with E-state index in [2.05, 4.69) is 38.2 Å². The van der Waals surface area contributed by atoms with E-state index in [4.69, 9.17) is 18.5 Å². The van der Waals surface area contributed by atoms with Crippen molar-refractivity contribution in [3.05, 3.63) is 36.6 Å². The maximum atomic E-state index is 12.7. The van der Waals surface area contributed by atoms with Gasteiger partial charge in [0.25, 0.3) is 0 Å². The van der Waals surface area contributed by atoms with Crippen LogP contribution >= 0.6 is 7.82 Å². The topological polar surface area (TPSA) is 91.3 Å². The van der Waals surface area contributed by atoms with Gasteiger partial charge in [0.2, 0.25) is 0 Å². The Morgan fingerprint density at radius 1 is 0.561 bits per heavy atom. The third-order valence-corrected chi connectivity index (χ3v) is 11.3. The van der Waals surface area contributed by atoms with Crippen molar-refractivity contribution in [3.63, 3.8) is 0 Å². The maximum Gasteiger partial charge on any atom is 0.472 e. The summed E-state index contributed by atoms with van der Waals surface area (Å²) in [6.45, 7) is 4.92. The van der Waals surface area contributed by atoms with Crippen LogP contribution in [-0.2, 0) is 27.9 Å². The number of phosphoric acid groups is 1. The summed E-state index contributed by atoms with van der Waals surface area (Å²) in [5.74, 6) is -0.342. The summed E-state index contributed by atoms with van der Waals surface area (Å²) in [4.78, 5) is 22.9. The molecular weight excluding hydrogens is 734 g/mol. The normalized spacial score (nSPS) is 13.9. The maximum absolute atomic E-state index is 12.7. The van der Waals surface area contributed by atoms with Crippen LogP contribution in [0.4, 0.5) is 0 Å². The molecule has 0 heterocycles. The van der Waals surface area contributed by atoms with E-state index in [-0.39, 0.29) is 25.8 Å². The third-order valence-electron chi connectivity index (χ3n) is 10.3. The molecule has 9 heteroatoms. The summed E-state index contributed by atoms with van der Waals surface area (Å²) in [7, 11) is 1.63. The predicted octanol–water partition coefficient (Wildman–Crippen LogP) is 14.5. The highest BCUT2D eigenvalue weighted by molar-refractivity contribution is 7.47. The fraction of sp³-hybridized carbons (Fsp3) is 0.854. The molecule has 0 spiro atoms. The molecule has 0 bridgehead atoms. The van der Waals surface area contributed by atoms with E-state index in [1.807, 2.05) is 27.2 Å². The van der Waals surface area contributed by atoms with Gasteiger partial charge in [-0.1, -0.05) is 179 Å². The van der Waals surface area contributed by atoms with Gasteiger partial charge in [-0.3, -0.25) is 13.8 Å². The lowest BCUT2D eigenvalue weighted by molar-refractivity contribution is -0.870. The minimum atomic E-state index is -4.29. The molecule has 0 fully saturated rings. The zero-order chi connectivity index (χ0) is 42.0. The molecule has 0 rings (SSSR count). The minimum Gasteiger partial charge on any atom is -0.498 e. The van der Waals surface area contributed by atoms with Crippen molar-refractivity contribution in [3.8, 4) is 0 Å². The van der Waals surface area contributed by atoms with Gasteiger partial charge in [0, 0.05) is 6.42 Å². The molecule has 0 aliphatic carbocycles. The molecule has 0 radical (unpaired) electrons. The van der Waals surface area contributed by atoms with Crippen LogP contribution in [0.1, 0.15) is 213 Å². The fourth-order valence-electron chi connectivity index (χ4n) is 6.55. The molecule has 8 nitrogen and oxygen atoms in total. The van der Waals surface area contributed by atoms with Crippen LogP contribution in [0, 0.1) is 0 Å². The number of esters is 1. The lowest BCUT2D eigenvalue weighted by Gasteiger charge is -2.24. The first-order valence-corrected chi connectivity index (χ1v) is 25.3. The zero-order valence-corrected chi connectivity index (χ0v) is 39.0. The van der Waals surface area contributed by atoms with E-state index in [1.165, 1.54) is 148 Å². The average molecular weight is 827 g/mol. The second kappa shape index (κ2) is 41.3. The summed E-state index contributed by atoms with van der Waals surface area (Å²) >= 11 is 0. The quantitative estimate of drug-likeness (QED) is 0.0163. The van der Waals surface area contributed by atoms with Crippen LogP contribution in [0.5, 0.6) is 0 Å². The van der Waals surface area contributed by atoms with Gasteiger partial charge in [0.1, 0.15) is 19.8 Å². The monoisotopic (exact) mass is 827 g/mol. The van der Waals surface area contributed by atoms with Crippen molar-refractivity contribution in [2.24, 2.45) is 0 Å². The summed E-state index contributed by atoms with van der Waals surface area (Å²) in [6.07, 6.45) is 49.9. The second-order valence-corrected chi connectivity index (χ2v) is 18.7. The first-order valence-electron chi connectivity index (χ1n) is 23.8. The molecule has 0 amide bonds. The summed E-state index contributed by atoms with van der Waals surface area (Å²) < 4.78 is 34.8. The number of nitrogens with zero attached hydrogens (tertiary/aromatic N) is 1. The molecule has 0 aromatic carbocycles. The Balaban J connectivity index is 4.24. The average Bonchev–Trinajstić information content (AvgIpc) is 3.16. The standard InChI is InChI=1S/C48H92NO7P/c1-6-8-10-12-14-16-18-20-22-24-26-28-30-32-34-36-38-40-43-53-45-47(46-55-57(51,52)54-44-42-49(3,4)5)56-48(50)41-39-37-35-33-31-29-27-25-23-21-19-17-15-13-11-9-7-2/h15,17,21,23,40,43,47H,6-14,16,18-20,22,24-39,41-42,44-46H2,1-5H3/p+1/b17-15+,23-21+,43-40+/t47-/m1/s1. The van der Waals surface area contributed by atoms with Gasteiger partial charge in [-0.2, -0.15) is 0 Å². The van der Waals surface area contributed by atoms with Crippen molar-refractivity contribution < 1.29 is 37.3 Å². The molecule has 2 atom stereocenters. The van der Waals surface area contributed by atoms with Crippen LogP contribution < -0.4 is 0 Å². The van der Waals surface area contributed by atoms with E-state index in [0.29, 0.717) is 17.4 Å². The Kier molecular flexibility index (Phi) is 40.3. The molecule has 0 aromatic heterocycles. The molecule has 0 saturated carbocycles. The Morgan fingerprint density at radius 2 is 0.982 bits per heavy atom. The van der Waals surface area contributed by atoms with Crippen LogP contribution in [0.25, 0.3) is 0 Å². The highest BCUT2D eigenvalue weighted by atomic mass is 31.2. The Bertz CT molecular complexity index is 1010. The number of phosphoric ester groups is 1. The number of rotatable bonds is 44. The van der Waals surface area contributed by atoms with Crippen molar-refractivity contribution in [1.29, 1.82) is 0 Å². The molecule has 0 aliphatic rings.